The van der Waals surface area contributed by atoms with Gasteiger partial charge in [0.15, 0.2) is 0 Å². The fourth-order valence-corrected chi connectivity index (χ4v) is 3.09. The predicted octanol–water partition coefficient (Wildman–Crippen LogP) is 3.41. The highest BCUT2D eigenvalue weighted by molar-refractivity contribution is 7.13. The number of amides is 1. The number of hydrogen-bond acceptors (Lipinski definition) is 6. The van der Waals surface area contributed by atoms with E-state index in [-0.39, 0.29) is 5.91 Å². The maximum Gasteiger partial charge on any atom is 0.243 e. The number of pyridine rings is 1. The largest absolute Gasteiger partial charge is 0.469 e. The average Bonchev–Trinajstić information content (AvgIpc) is 3.32. The van der Waals surface area contributed by atoms with E-state index in [1.807, 2.05) is 29.6 Å². The molecule has 3 aromatic heterocycles. The zero-order chi connectivity index (χ0) is 17.3. The third-order valence-electron chi connectivity index (χ3n) is 3.50. The van der Waals surface area contributed by atoms with E-state index >= 15 is 0 Å². The Morgan fingerprint density at radius 2 is 2.24 bits per heavy atom. The number of carbonyl (C=O) groups excluding carboxylic acids is 1. The van der Waals surface area contributed by atoms with Gasteiger partial charge in [-0.3, -0.25) is 14.6 Å². The summed E-state index contributed by atoms with van der Waals surface area (Å²) < 4.78 is 5.23. The molecular weight excluding hydrogens is 338 g/mol. The number of aryl methyl sites for hydroxylation is 2. The van der Waals surface area contributed by atoms with E-state index in [2.05, 4.69) is 15.4 Å². The van der Waals surface area contributed by atoms with Crippen LogP contribution in [0.25, 0.3) is 10.6 Å². The molecule has 0 radical (unpaired) electrons. The normalized spacial score (nSPS) is 10.7. The summed E-state index contributed by atoms with van der Waals surface area (Å²) in [7, 11) is 0. The van der Waals surface area contributed by atoms with Crippen molar-refractivity contribution in [2.24, 2.45) is 0 Å². The molecule has 6 nitrogen and oxygen atoms in total. The van der Waals surface area contributed by atoms with E-state index in [4.69, 9.17) is 9.25 Å². The number of thiazole rings is 1. The van der Waals surface area contributed by atoms with Gasteiger partial charge in [0, 0.05) is 36.2 Å². The highest BCUT2D eigenvalue weighted by Crippen LogP contribution is 2.23. The van der Waals surface area contributed by atoms with Gasteiger partial charge in [-0.25, -0.2) is 10.5 Å². The van der Waals surface area contributed by atoms with E-state index in [0.717, 1.165) is 34.9 Å². The molecule has 0 aliphatic rings. The summed E-state index contributed by atoms with van der Waals surface area (Å²) >= 11 is 1.55. The second-order valence-corrected chi connectivity index (χ2v) is 6.30. The SMILES string of the molecule is O=C(CCc1csc(-c2cccnc2)n1)NOCCCc1ccco1. The van der Waals surface area contributed by atoms with Gasteiger partial charge < -0.3 is 4.42 Å². The lowest BCUT2D eigenvalue weighted by molar-refractivity contribution is -0.133. The van der Waals surface area contributed by atoms with Gasteiger partial charge in [0.05, 0.1) is 18.6 Å². The van der Waals surface area contributed by atoms with Crippen LogP contribution in [-0.2, 0) is 22.5 Å². The molecule has 0 bridgehead atoms. The number of aromatic nitrogens is 2. The van der Waals surface area contributed by atoms with Crippen molar-refractivity contribution in [1.82, 2.24) is 15.4 Å². The first-order valence-electron chi connectivity index (χ1n) is 8.09. The van der Waals surface area contributed by atoms with Crippen LogP contribution in [0.3, 0.4) is 0 Å². The number of rotatable bonds is 9. The minimum absolute atomic E-state index is 0.145. The van der Waals surface area contributed by atoms with E-state index in [1.54, 1.807) is 30.0 Å². The van der Waals surface area contributed by atoms with Crippen molar-refractivity contribution in [2.45, 2.75) is 25.7 Å². The molecule has 0 atom stereocenters. The maximum absolute atomic E-state index is 11.8. The van der Waals surface area contributed by atoms with Crippen LogP contribution in [0.2, 0.25) is 0 Å². The molecule has 0 spiro atoms. The highest BCUT2D eigenvalue weighted by atomic mass is 32.1. The van der Waals surface area contributed by atoms with Crippen LogP contribution in [0, 0.1) is 0 Å². The Bertz CT molecular complexity index is 772. The number of hydroxylamine groups is 1. The van der Waals surface area contributed by atoms with E-state index < -0.39 is 0 Å². The van der Waals surface area contributed by atoms with Gasteiger partial charge in [-0.05, 0) is 37.1 Å². The van der Waals surface area contributed by atoms with Crippen molar-refractivity contribution in [3.8, 4) is 10.6 Å². The molecule has 130 valence electrons. The fourth-order valence-electron chi connectivity index (χ4n) is 2.24. The minimum atomic E-state index is -0.145. The topological polar surface area (TPSA) is 77.2 Å². The fraction of sp³-hybridized carbons (Fsp3) is 0.278. The Hall–Kier alpha value is -2.51. The van der Waals surface area contributed by atoms with Crippen molar-refractivity contribution in [1.29, 1.82) is 0 Å². The molecule has 3 aromatic rings. The molecule has 1 N–H and O–H groups in total. The minimum Gasteiger partial charge on any atom is -0.469 e. The van der Waals surface area contributed by atoms with Crippen LogP contribution in [0.1, 0.15) is 24.3 Å². The first-order valence-corrected chi connectivity index (χ1v) is 8.97. The lowest BCUT2D eigenvalue weighted by Crippen LogP contribution is -2.24. The molecule has 0 fully saturated rings. The molecule has 3 rings (SSSR count). The van der Waals surface area contributed by atoms with Crippen LogP contribution >= 0.6 is 11.3 Å². The van der Waals surface area contributed by atoms with Crippen LogP contribution in [0.5, 0.6) is 0 Å². The second-order valence-electron chi connectivity index (χ2n) is 5.44. The van der Waals surface area contributed by atoms with Gasteiger partial charge in [-0.2, -0.15) is 0 Å². The van der Waals surface area contributed by atoms with Gasteiger partial charge in [-0.15, -0.1) is 11.3 Å². The molecule has 0 unspecified atom stereocenters. The molecule has 1 amide bonds. The monoisotopic (exact) mass is 357 g/mol. The number of nitrogens with zero attached hydrogens (tertiary/aromatic N) is 2. The first-order chi connectivity index (χ1) is 12.3. The predicted molar refractivity (Wildman–Crippen MR) is 94.8 cm³/mol. The van der Waals surface area contributed by atoms with Crippen LogP contribution in [0.4, 0.5) is 0 Å². The zero-order valence-corrected chi connectivity index (χ0v) is 14.5. The number of nitrogens with one attached hydrogen (secondary N) is 1. The van der Waals surface area contributed by atoms with Gasteiger partial charge in [-0.1, -0.05) is 0 Å². The van der Waals surface area contributed by atoms with Crippen molar-refractivity contribution in [3.63, 3.8) is 0 Å². The molecule has 7 heteroatoms. The summed E-state index contributed by atoms with van der Waals surface area (Å²) in [5.41, 5.74) is 4.36. The molecule has 0 saturated carbocycles. The van der Waals surface area contributed by atoms with Crippen molar-refractivity contribution < 1.29 is 14.0 Å². The summed E-state index contributed by atoms with van der Waals surface area (Å²) in [6.45, 7) is 0.453. The zero-order valence-electron chi connectivity index (χ0n) is 13.7. The average molecular weight is 357 g/mol. The maximum atomic E-state index is 11.8. The Morgan fingerprint density at radius 1 is 1.28 bits per heavy atom. The summed E-state index contributed by atoms with van der Waals surface area (Å²) in [6, 6.07) is 7.63. The lowest BCUT2D eigenvalue weighted by atomic mass is 10.2. The quantitative estimate of drug-likeness (QED) is 0.469. The third-order valence-corrected chi connectivity index (χ3v) is 4.44. The van der Waals surface area contributed by atoms with E-state index in [0.29, 0.717) is 19.4 Å². The Morgan fingerprint density at radius 3 is 3.04 bits per heavy atom. The van der Waals surface area contributed by atoms with E-state index in [9.17, 15) is 4.79 Å². The summed E-state index contributed by atoms with van der Waals surface area (Å²) in [5.74, 6) is 0.775. The molecule has 25 heavy (non-hydrogen) atoms. The number of hydrogen-bond donors (Lipinski definition) is 1. The van der Waals surface area contributed by atoms with Crippen LogP contribution in [-0.4, -0.2) is 22.5 Å². The first kappa shape index (κ1) is 17.3. The standard InChI is InChI=1S/C18H19N3O3S/c22-17(21-24-11-3-6-16-5-2-10-23-16)8-7-15-13-25-18(20-15)14-4-1-9-19-12-14/h1-2,4-5,9-10,12-13H,3,6-8,11H2,(H,21,22). The molecular formula is C18H19N3O3S. The van der Waals surface area contributed by atoms with E-state index in [1.165, 1.54) is 0 Å². The Balaban J connectivity index is 1.33. The second kappa shape index (κ2) is 9.10. The molecule has 0 aliphatic carbocycles. The third kappa shape index (κ3) is 5.51. The smallest absolute Gasteiger partial charge is 0.243 e. The summed E-state index contributed by atoms with van der Waals surface area (Å²) in [6.07, 6.45) is 7.67. The number of furan rings is 1. The summed E-state index contributed by atoms with van der Waals surface area (Å²) in [4.78, 5) is 25.6. The van der Waals surface area contributed by atoms with Gasteiger partial charge in [0.25, 0.3) is 0 Å². The van der Waals surface area contributed by atoms with Crippen LogP contribution < -0.4 is 5.48 Å². The molecule has 3 heterocycles. The molecule has 0 aromatic carbocycles. The van der Waals surface area contributed by atoms with Crippen molar-refractivity contribution >= 4 is 17.2 Å². The van der Waals surface area contributed by atoms with Crippen molar-refractivity contribution in [3.05, 3.63) is 59.8 Å². The Labute approximate surface area is 149 Å². The van der Waals surface area contributed by atoms with Crippen LogP contribution in [0.15, 0.2) is 52.7 Å². The lowest BCUT2D eigenvalue weighted by Gasteiger charge is -2.04. The Kier molecular flexibility index (Phi) is 6.30. The highest BCUT2D eigenvalue weighted by Gasteiger charge is 2.07. The molecule has 0 saturated heterocycles. The van der Waals surface area contributed by atoms with Gasteiger partial charge in [0.2, 0.25) is 5.91 Å². The van der Waals surface area contributed by atoms with Crippen molar-refractivity contribution in [2.75, 3.05) is 6.61 Å². The summed E-state index contributed by atoms with van der Waals surface area (Å²) in [5, 5.41) is 2.89. The molecule has 0 aliphatic heterocycles. The number of carbonyl (C=O) groups is 1. The van der Waals surface area contributed by atoms with Gasteiger partial charge in [0.1, 0.15) is 10.8 Å². The van der Waals surface area contributed by atoms with Gasteiger partial charge >= 0.3 is 0 Å².